The van der Waals surface area contributed by atoms with E-state index in [1.54, 1.807) is 157 Å². The van der Waals surface area contributed by atoms with Crippen LogP contribution in [0.5, 0.6) is 0 Å². The Morgan fingerprint density at radius 1 is 0.345 bits per heavy atom. The van der Waals surface area contributed by atoms with Crippen molar-refractivity contribution in [3.8, 4) is 0 Å². The fraction of sp³-hybridized carbons (Fsp3) is 0.479. The zero-order valence-corrected chi connectivity index (χ0v) is 81.6. The lowest BCUT2D eigenvalue weighted by molar-refractivity contribution is -0.143. The number of carbonyl (C=O) groups excluding carboxylic acids is 19. The SMILES string of the molecule is CC[C@H](C)[C@H](NC(=O)[C@H](Cc1c[nH]c2ccccc12)NC(=O)[C@@H](N)CC(=O)O)C(=O)N[C@@H](CS)C(=O)N[C@@H](CC(N)=O)C(=O)N[C@@H](CC(C)C)C(=O)N[C@@H](Cc1ccccc1)C(=O)N[C@@H](CCCCN)C(=O)N[C@@H](CC(N)=O)C(=O)N[C@@H](CCC(N)=O)C(=O)N[C@@H](Cc1c[nH]c2ccccc12)C(=O)N[C@@H](Cc1ccccc1)C(=O)N[C@@H](CS)C(=O)N[C@@H](CCC(N)=O)C(=O)N[C@@H](C)C(=O)N[C@H](C(=O)O)C(C)C. The van der Waals surface area contributed by atoms with Crippen LogP contribution in [0.4, 0.5) is 0 Å². The summed E-state index contributed by atoms with van der Waals surface area (Å²) in [5.41, 5.74) is 37.4. The van der Waals surface area contributed by atoms with Gasteiger partial charge in [-0.05, 0) is 104 Å². The molecule has 4 aromatic carbocycles. The molecule has 0 saturated heterocycles. The molecule has 0 radical (unpaired) electrons. The number of primary amides is 4. The predicted molar refractivity (Wildman–Crippen MR) is 526 cm³/mol. The molecule has 0 saturated carbocycles. The Morgan fingerprint density at radius 3 is 1.06 bits per heavy atom. The molecular formula is C94H131N23O23S2. The Kier molecular flexibility index (Phi) is 47.3. The van der Waals surface area contributed by atoms with Crippen LogP contribution in [0.3, 0.4) is 0 Å². The topological polar surface area (TPSA) is 767 Å². The number of carboxylic acids is 2. The van der Waals surface area contributed by atoms with Crippen LogP contribution in [0, 0.1) is 17.8 Å². The number of unbranched alkanes of at least 4 members (excludes halogenated alkanes) is 1. The van der Waals surface area contributed by atoms with Gasteiger partial charge >= 0.3 is 11.9 Å². The number of amides is 19. The number of para-hydroxylation sites is 2. The number of nitrogens with two attached hydrogens (primary N) is 6. The highest BCUT2D eigenvalue weighted by Gasteiger charge is 2.41. The standard InChI is InChI=1S/C94H131N23O23S2/c1-8-49(6)78(117-90(135)67(107-80(125)57(96)40-76(122)123)39-54-44-102-59-28-18-16-26-56(54)59)93(138)115-71(46-142)92(137)113-69(42-75(100)121)89(134)108-63(35-47(2)3)84(129)109-64(36-51-21-11-9-12-22-51)85(130)104-60(29-19-20-34-95)82(127)112-68(41-74(99)120)88(133)105-62(31-33-73(98)119)83(128)111-66(38-53-43-101-58-27-17-15-25-55(53)58)87(132)110-65(37-52-23-13-10-14-24-52)86(131)114-70(45-141)91(136)106-61(30-32-72(97)118)81(126)103-50(7)79(124)116-77(48(4)5)94(139)140/h9-18,21-28,43-44,47-50,57,60-71,77-78,101-102,141-142H,8,19-20,29-42,45-46,95-96H2,1-7H3,(H2,97,118)(H2,98,119)(H2,99,120)(H2,100,121)(H,103,126)(H,104,130)(H,105,133)(H,106,136)(H,107,125)(H,108,134)(H,109,129)(H,110,132)(H,111,128)(H,112,127)(H,113,137)(H,114,131)(H,115,138)(H,116,124)(H,117,135)(H,122,123)(H,139,140)/t49-,50-,57-,60-,61-,62-,63-,64-,65-,66-,67-,68-,69-,70-,71-,77-,78-/m0/s1. The number of hydrogen-bond donors (Lipinski definition) is 27. The summed E-state index contributed by atoms with van der Waals surface area (Å²) >= 11 is 8.61. The first kappa shape index (κ1) is 116. The molecule has 2 aromatic heterocycles. The van der Waals surface area contributed by atoms with Gasteiger partial charge in [-0.15, -0.1) is 0 Å². The Hall–Kier alpha value is -14.6. The van der Waals surface area contributed by atoms with Gasteiger partial charge in [-0.3, -0.25) is 95.9 Å². The molecule has 0 fully saturated rings. The third kappa shape index (κ3) is 37.9. The fourth-order valence-electron chi connectivity index (χ4n) is 15.0. The van der Waals surface area contributed by atoms with Gasteiger partial charge < -0.3 is 134 Å². The van der Waals surface area contributed by atoms with Crippen LogP contribution in [0.2, 0.25) is 0 Å². The van der Waals surface area contributed by atoms with E-state index in [1.165, 1.54) is 13.1 Å². The van der Waals surface area contributed by atoms with Gasteiger partial charge in [-0.2, -0.15) is 25.3 Å². The number of aromatic nitrogens is 2. The lowest BCUT2D eigenvalue weighted by Gasteiger charge is -2.29. The number of hydrogen-bond acceptors (Lipinski definition) is 25. The molecule has 0 aliphatic rings. The summed E-state index contributed by atoms with van der Waals surface area (Å²) in [7, 11) is 0. The highest BCUT2D eigenvalue weighted by Crippen LogP contribution is 2.24. The number of nitrogens with one attached hydrogen (secondary N) is 17. The molecule has 0 aliphatic heterocycles. The monoisotopic (exact) mass is 2010 g/mol. The minimum Gasteiger partial charge on any atom is -0.481 e. The molecule has 46 nitrogen and oxygen atoms in total. The first-order valence-electron chi connectivity index (χ1n) is 46.2. The zero-order chi connectivity index (χ0) is 105. The van der Waals surface area contributed by atoms with Crippen molar-refractivity contribution in [1.29, 1.82) is 0 Å². The van der Waals surface area contributed by atoms with Gasteiger partial charge in [0.2, 0.25) is 112 Å². The van der Waals surface area contributed by atoms with E-state index in [4.69, 9.17) is 34.4 Å². The molecule has 0 spiro atoms. The molecule has 6 aromatic rings. The average Bonchev–Trinajstić information content (AvgIpc) is 1.65. The first-order chi connectivity index (χ1) is 67.2. The minimum atomic E-state index is -2.02. The van der Waals surface area contributed by atoms with Crippen molar-refractivity contribution >= 4 is 171 Å². The highest BCUT2D eigenvalue weighted by molar-refractivity contribution is 7.80. The van der Waals surface area contributed by atoms with Crippen molar-refractivity contribution < 1.29 is 111 Å². The van der Waals surface area contributed by atoms with Crippen molar-refractivity contribution in [3.05, 3.63) is 144 Å². The Bertz CT molecular complexity index is 5440. The lowest BCUT2D eigenvalue weighted by atomic mass is 9.96. The molecule has 19 amide bonds. The van der Waals surface area contributed by atoms with Crippen molar-refractivity contribution in [1.82, 2.24) is 89.7 Å². The van der Waals surface area contributed by atoms with Gasteiger partial charge in [0, 0.05) is 84.2 Å². The number of aromatic amines is 2. The Balaban J connectivity index is 1.25. The second-order valence-electron chi connectivity index (χ2n) is 35.2. The molecular weight excluding hydrogens is 1880 g/mol. The number of benzene rings is 4. The van der Waals surface area contributed by atoms with E-state index in [0.29, 0.717) is 44.1 Å². The van der Waals surface area contributed by atoms with Crippen LogP contribution in [-0.4, -0.2) is 259 Å². The smallest absolute Gasteiger partial charge is 0.326 e. The predicted octanol–water partition coefficient (Wildman–Crippen LogP) is -3.88. The molecule has 0 aliphatic carbocycles. The van der Waals surface area contributed by atoms with Gasteiger partial charge in [0.15, 0.2) is 0 Å². The van der Waals surface area contributed by atoms with E-state index in [1.807, 2.05) is 0 Å². The molecule has 0 bridgehead atoms. The Morgan fingerprint density at radius 2 is 0.676 bits per heavy atom. The number of carboxylic acid groups (broad SMARTS) is 2. The van der Waals surface area contributed by atoms with Gasteiger partial charge in [0.05, 0.1) is 25.3 Å². The van der Waals surface area contributed by atoms with Crippen LogP contribution in [0.1, 0.15) is 148 Å². The second kappa shape index (κ2) is 57.9. The third-order valence-corrected chi connectivity index (χ3v) is 23.8. The van der Waals surface area contributed by atoms with E-state index in [9.17, 15) is 96.5 Å². The van der Waals surface area contributed by atoms with Crippen LogP contribution in [-0.2, 0) is 126 Å². The molecule has 2 heterocycles. The Labute approximate surface area is 829 Å². The lowest BCUT2D eigenvalue weighted by Crippen LogP contribution is -2.62. The largest absolute Gasteiger partial charge is 0.481 e. The third-order valence-electron chi connectivity index (χ3n) is 23.1. The normalized spacial score (nSPS) is 14.8. The van der Waals surface area contributed by atoms with Gasteiger partial charge in [0.25, 0.3) is 0 Å². The van der Waals surface area contributed by atoms with Crippen molar-refractivity contribution in [3.63, 3.8) is 0 Å². The van der Waals surface area contributed by atoms with Crippen LogP contribution < -0.4 is 114 Å². The first-order valence-corrected chi connectivity index (χ1v) is 47.5. The minimum absolute atomic E-state index is 0.0668. The number of carbonyl (C=O) groups is 21. The maximum Gasteiger partial charge on any atom is 0.326 e. The number of H-pyrrole nitrogens is 2. The van der Waals surface area contributed by atoms with Crippen molar-refractivity contribution in [2.45, 2.75) is 248 Å². The van der Waals surface area contributed by atoms with E-state index >= 15 is 14.4 Å². The zero-order valence-electron chi connectivity index (χ0n) is 79.8. The maximum atomic E-state index is 15.3. The summed E-state index contributed by atoms with van der Waals surface area (Å²) in [6, 6.07) is 3.93. The molecule has 772 valence electrons. The highest BCUT2D eigenvalue weighted by atomic mass is 32.1. The van der Waals surface area contributed by atoms with Gasteiger partial charge in [0.1, 0.15) is 90.6 Å². The number of fused-ring (bicyclic) bond motifs is 2. The van der Waals surface area contributed by atoms with E-state index in [0.717, 1.165) is 0 Å². The van der Waals surface area contributed by atoms with Crippen LogP contribution in [0.25, 0.3) is 21.8 Å². The number of aliphatic carboxylic acids is 2. The second-order valence-corrected chi connectivity index (χ2v) is 36.0. The summed E-state index contributed by atoms with van der Waals surface area (Å²) in [6.45, 7) is 11.0. The van der Waals surface area contributed by atoms with Gasteiger partial charge in [-0.1, -0.05) is 145 Å². The fourth-order valence-corrected chi connectivity index (χ4v) is 15.5. The van der Waals surface area contributed by atoms with E-state index < -0.39 is 295 Å². The summed E-state index contributed by atoms with van der Waals surface area (Å²) < 4.78 is 0. The summed E-state index contributed by atoms with van der Waals surface area (Å²) in [6.07, 6.45) is -2.72. The van der Waals surface area contributed by atoms with Crippen molar-refractivity contribution in [2.24, 2.45) is 52.2 Å². The van der Waals surface area contributed by atoms with Crippen LogP contribution >= 0.6 is 25.3 Å². The maximum absolute atomic E-state index is 15.3. The number of thiol groups is 2. The van der Waals surface area contributed by atoms with E-state index in [-0.39, 0.29) is 64.3 Å². The van der Waals surface area contributed by atoms with Gasteiger partial charge in [-0.25, -0.2) is 4.79 Å². The molecule has 17 atom stereocenters. The number of rotatable bonds is 62. The molecule has 0 unspecified atom stereocenters. The molecule has 142 heavy (non-hydrogen) atoms. The van der Waals surface area contributed by atoms with Crippen molar-refractivity contribution in [2.75, 3.05) is 18.1 Å². The molecule has 6 rings (SSSR count). The van der Waals surface area contributed by atoms with Crippen LogP contribution in [0.15, 0.2) is 122 Å². The summed E-state index contributed by atoms with van der Waals surface area (Å²) in [4.78, 5) is 297. The summed E-state index contributed by atoms with van der Waals surface area (Å²) in [5, 5.41) is 58.0. The van der Waals surface area contributed by atoms with E-state index in [2.05, 4.69) is 115 Å². The summed E-state index contributed by atoms with van der Waals surface area (Å²) in [5.74, 6) is -25.5. The molecule has 48 heteroatoms. The quantitative estimate of drug-likeness (QED) is 0.0128. The molecule has 31 N–H and O–H groups in total. The average molecular weight is 2020 g/mol.